The summed E-state index contributed by atoms with van der Waals surface area (Å²) in [4.78, 5) is 38.5. The summed E-state index contributed by atoms with van der Waals surface area (Å²) in [5.41, 5.74) is 0. The number of carbonyl (C=O) groups is 3. The lowest BCUT2D eigenvalue weighted by Gasteiger charge is -2.37. The summed E-state index contributed by atoms with van der Waals surface area (Å²) in [5.74, 6) is -0.661. The zero-order chi connectivity index (χ0) is 15.6. The quantitative estimate of drug-likeness (QED) is 0.791. The molecule has 2 saturated heterocycles. The molecule has 2 rings (SSSR count). The monoisotopic (exact) mass is 297 g/mol. The van der Waals surface area contributed by atoms with Crippen LogP contribution >= 0.6 is 0 Å². The first kappa shape index (κ1) is 15.6. The van der Waals surface area contributed by atoms with E-state index in [0.717, 1.165) is 6.42 Å². The summed E-state index contributed by atoms with van der Waals surface area (Å²) in [5, 5.41) is 11.8. The maximum absolute atomic E-state index is 12.2. The summed E-state index contributed by atoms with van der Waals surface area (Å²) < 4.78 is 0. The standard InChI is InChI=1S/C14H23N3O4/c1-9(2)7-11(13(19)20)15-14(21)16-5-6-17-10(8-16)3-4-12(17)18/h9-11H,3-8H2,1-2H3,(H,15,21)(H,19,20)/t10?,11-/m0/s1. The maximum atomic E-state index is 12.2. The van der Waals surface area contributed by atoms with Gasteiger partial charge in [-0.05, 0) is 18.8 Å². The van der Waals surface area contributed by atoms with Crippen molar-refractivity contribution < 1.29 is 19.5 Å². The van der Waals surface area contributed by atoms with Gasteiger partial charge in [0.15, 0.2) is 0 Å². The molecule has 2 N–H and O–H groups in total. The van der Waals surface area contributed by atoms with Crippen LogP contribution in [0.4, 0.5) is 4.79 Å². The Balaban J connectivity index is 1.91. The van der Waals surface area contributed by atoms with Crippen molar-refractivity contribution in [2.45, 2.75) is 45.2 Å². The lowest BCUT2D eigenvalue weighted by atomic mass is 10.0. The number of carbonyl (C=O) groups excluding carboxylic acids is 2. The predicted molar refractivity (Wildman–Crippen MR) is 75.7 cm³/mol. The highest BCUT2D eigenvalue weighted by molar-refractivity contribution is 5.83. The minimum absolute atomic E-state index is 0.0883. The SMILES string of the molecule is CC(C)C[C@H](NC(=O)N1CCN2C(=O)CCC2C1)C(=O)O. The van der Waals surface area contributed by atoms with E-state index in [0.29, 0.717) is 32.5 Å². The van der Waals surface area contributed by atoms with Crippen LogP contribution in [-0.4, -0.2) is 64.5 Å². The van der Waals surface area contributed by atoms with Gasteiger partial charge in [0, 0.05) is 32.1 Å². The molecule has 0 aromatic heterocycles. The van der Waals surface area contributed by atoms with Gasteiger partial charge in [0.05, 0.1) is 0 Å². The largest absolute Gasteiger partial charge is 0.480 e. The summed E-state index contributed by atoms with van der Waals surface area (Å²) >= 11 is 0. The highest BCUT2D eigenvalue weighted by Crippen LogP contribution is 2.22. The summed E-state index contributed by atoms with van der Waals surface area (Å²) in [7, 11) is 0. The Morgan fingerprint density at radius 3 is 2.71 bits per heavy atom. The van der Waals surface area contributed by atoms with E-state index < -0.39 is 12.0 Å². The molecule has 118 valence electrons. The molecule has 2 aliphatic rings. The number of hydrogen-bond donors (Lipinski definition) is 2. The maximum Gasteiger partial charge on any atom is 0.326 e. The number of nitrogens with zero attached hydrogens (tertiary/aromatic N) is 2. The Labute approximate surface area is 124 Å². The van der Waals surface area contributed by atoms with Gasteiger partial charge in [-0.25, -0.2) is 9.59 Å². The smallest absolute Gasteiger partial charge is 0.326 e. The molecule has 0 bridgehead atoms. The fourth-order valence-corrected chi connectivity index (χ4v) is 2.98. The molecule has 0 saturated carbocycles. The predicted octanol–water partition coefficient (Wildman–Crippen LogP) is 0.502. The van der Waals surface area contributed by atoms with Crippen molar-refractivity contribution in [1.82, 2.24) is 15.1 Å². The zero-order valence-corrected chi connectivity index (χ0v) is 12.5. The number of rotatable bonds is 4. The number of hydrogen-bond acceptors (Lipinski definition) is 3. The van der Waals surface area contributed by atoms with Crippen LogP contribution in [0.2, 0.25) is 0 Å². The molecular formula is C14H23N3O4. The van der Waals surface area contributed by atoms with Gasteiger partial charge in [-0.15, -0.1) is 0 Å². The molecular weight excluding hydrogens is 274 g/mol. The third kappa shape index (κ3) is 3.65. The number of carboxylic acids is 1. The Hall–Kier alpha value is -1.79. The van der Waals surface area contributed by atoms with Crippen molar-refractivity contribution in [3.63, 3.8) is 0 Å². The zero-order valence-electron chi connectivity index (χ0n) is 12.5. The topological polar surface area (TPSA) is 90.0 Å². The molecule has 0 aromatic carbocycles. The number of nitrogens with one attached hydrogen (secondary N) is 1. The average molecular weight is 297 g/mol. The first-order valence-electron chi connectivity index (χ1n) is 7.46. The number of carboxylic acid groups (broad SMARTS) is 1. The number of amides is 3. The van der Waals surface area contributed by atoms with Gasteiger partial charge in [0.25, 0.3) is 0 Å². The minimum atomic E-state index is -1.01. The first-order valence-corrected chi connectivity index (χ1v) is 7.46. The Morgan fingerprint density at radius 1 is 1.38 bits per heavy atom. The van der Waals surface area contributed by atoms with E-state index in [2.05, 4.69) is 5.32 Å². The molecule has 1 unspecified atom stereocenters. The van der Waals surface area contributed by atoms with Crippen molar-refractivity contribution in [1.29, 1.82) is 0 Å². The van der Waals surface area contributed by atoms with Gasteiger partial charge in [-0.1, -0.05) is 13.8 Å². The van der Waals surface area contributed by atoms with E-state index in [9.17, 15) is 14.4 Å². The second-order valence-corrected chi connectivity index (χ2v) is 6.20. The van der Waals surface area contributed by atoms with Gasteiger partial charge in [-0.3, -0.25) is 4.79 Å². The van der Waals surface area contributed by atoms with Crippen LogP contribution in [0.1, 0.15) is 33.1 Å². The summed E-state index contributed by atoms with van der Waals surface area (Å²) in [6.45, 7) is 5.34. The summed E-state index contributed by atoms with van der Waals surface area (Å²) in [6, 6.07) is -1.12. The molecule has 0 spiro atoms. The summed E-state index contributed by atoms with van der Waals surface area (Å²) in [6.07, 6.45) is 1.73. The molecule has 21 heavy (non-hydrogen) atoms. The molecule has 3 amide bonds. The average Bonchev–Trinajstić information content (AvgIpc) is 2.78. The van der Waals surface area contributed by atoms with Crippen LogP contribution in [0.25, 0.3) is 0 Å². The van der Waals surface area contributed by atoms with Gasteiger partial charge >= 0.3 is 12.0 Å². The van der Waals surface area contributed by atoms with Crippen LogP contribution in [0.15, 0.2) is 0 Å². The van der Waals surface area contributed by atoms with Crippen molar-refractivity contribution in [3.8, 4) is 0 Å². The van der Waals surface area contributed by atoms with Crippen molar-refractivity contribution in [2.75, 3.05) is 19.6 Å². The third-order valence-electron chi connectivity index (χ3n) is 4.08. The normalized spacial score (nSPS) is 23.2. The van der Waals surface area contributed by atoms with Gasteiger partial charge < -0.3 is 20.2 Å². The van der Waals surface area contributed by atoms with Crippen molar-refractivity contribution in [2.24, 2.45) is 5.92 Å². The van der Waals surface area contributed by atoms with Gasteiger partial charge in [0.1, 0.15) is 6.04 Å². The van der Waals surface area contributed by atoms with E-state index in [1.807, 2.05) is 18.7 Å². The number of aliphatic carboxylic acids is 1. The van der Waals surface area contributed by atoms with Crippen LogP contribution in [-0.2, 0) is 9.59 Å². The molecule has 7 nitrogen and oxygen atoms in total. The van der Waals surface area contributed by atoms with E-state index in [4.69, 9.17) is 5.11 Å². The number of fused-ring (bicyclic) bond motifs is 1. The van der Waals surface area contributed by atoms with E-state index in [1.54, 1.807) is 4.90 Å². The fourth-order valence-electron chi connectivity index (χ4n) is 2.98. The molecule has 2 fully saturated rings. The van der Waals surface area contributed by atoms with Crippen LogP contribution in [0, 0.1) is 5.92 Å². The fraction of sp³-hybridized carbons (Fsp3) is 0.786. The molecule has 2 atom stereocenters. The second-order valence-electron chi connectivity index (χ2n) is 6.20. The minimum Gasteiger partial charge on any atom is -0.480 e. The second kappa shape index (κ2) is 6.32. The van der Waals surface area contributed by atoms with Crippen LogP contribution in [0.3, 0.4) is 0 Å². The van der Waals surface area contributed by atoms with Gasteiger partial charge in [-0.2, -0.15) is 0 Å². The van der Waals surface area contributed by atoms with E-state index in [1.165, 1.54) is 0 Å². The molecule has 0 radical (unpaired) electrons. The first-order chi connectivity index (χ1) is 9.88. The Morgan fingerprint density at radius 2 is 2.10 bits per heavy atom. The highest BCUT2D eigenvalue weighted by atomic mass is 16.4. The molecule has 2 aliphatic heterocycles. The third-order valence-corrected chi connectivity index (χ3v) is 4.08. The molecule has 0 aromatic rings. The number of urea groups is 1. The lowest BCUT2D eigenvalue weighted by Crippen LogP contribution is -2.57. The van der Waals surface area contributed by atoms with Crippen molar-refractivity contribution >= 4 is 17.9 Å². The van der Waals surface area contributed by atoms with E-state index in [-0.39, 0.29) is 23.9 Å². The van der Waals surface area contributed by atoms with Crippen LogP contribution < -0.4 is 5.32 Å². The molecule has 7 heteroatoms. The molecule has 0 aliphatic carbocycles. The van der Waals surface area contributed by atoms with E-state index >= 15 is 0 Å². The molecule has 2 heterocycles. The Bertz CT molecular complexity index is 438. The highest BCUT2D eigenvalue weighted by Gasteiger charge is 2.37. The number of piperazine rings is 1. The van der Waals surface area contributed by atoms with Gasteiger partial charge in [0.2, 0.25) is 5.91 Å². The Kier molecular flexibility index (Phi) is 4.69. The van der Waals surface area contributed by atoms with Crippen LogP contribution in [0.5, 0.6) is 0 Å². The van der Waals surface area contributed by atoms with Crippen molar-refractivity contribution in [3.05, 3.63) is 0 Å². The lowest BCUT2D eigenvalue weighted by molar-refractivity contribution is -0.139.